The standard InChI is InChI=1S/C11H9N3O/c15-11-6-10(13-14-11)9-5-7-3-1-2-4-8(7)12-9/h1-6,12H,(H2,13,14,15). The minimum atomic E-state index is -0.122. The topological polar surface area (TPSA) is 64.4 Å². The summed E-state index contributed by atoms with van der Waals surface area (Å²) in [6.07, 6.45) is 0. The fourth-order valence-electron chi connectivity index (χ4n) is 1.70. The third-order valence-electron chi connectivity index (χ3n) is 2.42. The number of rotatable bonds is 1. The highest BCUT2D eigenvalue weighted by molar-refractivity contribution is 5.84. The normalized spacial score (nSPS) is 10.9. The highest BCUT2D eigenvalue weighted by Gasteiger charge is 2.04. The van der Waals surface area contributed by atoms with Crippen molar-refractivity contribution in [3.63, 3.8) is 0 Å². The van der Waals surface area contributed by atoms with E-state index >= 15 is 0 Å². The lowest BCUT2D eigenvalue weighted by Gasteiger charge is -1.88. The molecular weight excluding hydrogens is 190 g/mol. The minimum Gasteiger partial charge on any atom is -0.353 e. The van der Waals surface area contributed by atoms with Crippen molar-refractivity contribution in [1.82, 2.24) is 15.2 Å². The Morgan fingerprint density at radius 1 is 0.933 bits per heavy atom. The van der Waals surface area contributed by atoms with Crippen LogP contribution in [-0.2, 0) is 0 Å². The fraction of sp³-hybridized carbons (Fsp3) is 0. The van der Waals surface area contributed by atoms with Crippen molar-refractivity contribution in [1.29, 1.82) is 0 Å². The summed E-state index contributed by atoms with van der Waals surface area (Å²) in [5.74, 6) is 0. The van der Waals surface area contributed by atoms with Gasteiger partial charge in [-0.3, -0.25) is 15.0 Å². The van der Waals surface area contributed by atoms with Gasteiger partial charge in [-0.1, -0.05) is 18.2 Å². The molecule has 0 atom stereocenters. The molecule has 4 nitrogen and oxygen atoms in total. The second-order valence-corrected chi connectivity index (χ2v) is 3.44. The molecule has 0 radical (unpaired) electrons. The minimum absolute atomic E-state index is 0.122. The molecule has 0 bridgehead atoms. The lowest BCUT2D eigenvalue weighted by molar-refractivity contribution is 1.06. The van der Waals surface area contributed by atoms with Gasteiger partial charge in [0, 0.05) is 17.0 Å². The van der Waals surface area contributed by atoms with E-state index in [0.29, 0.717) is 0 Å². The molecule has 0 unspecified atom stereocenters. The molecule has 4 heteroatoms. The fourth-order valence-corrected chi connectivity index (χ4v) is 1.70. The van der Waals surface area contributed by atoms with Crippen molar-refractivity contribution in [2.75, 3.05) is 0 Å². The van der Waals surface area contributed by atoms with Crippen molar-refractivity contribution >= 4 is 10.9 Å². The molecule has 0 saturated carbocycles. The molecule has 15 heavy (non-hydrogen) atoms. The van der Waals surface area contributed by atoms with Gasteiger partial charge in [-0.05, 0) is 12.1 Å². The smallest absolute Gasteiger partial charge is 0.264 e. The third kappa shape index (κ3) is 1.27. The van der Waals surface area contributed by atoms with Crippen LogP contribution < -0.4 is 5.56 Å². The molecule has 3 N–H and O–H groups in total. The Labute approximate surface area is 84.9 Å². The molecule has 3 aromatic rings. The molecule has 74 valence electrons. The Bertz CT molecular complexity index is 626. The zero-order chi connectivity index (χ0) is 10.3. The quantitative estimate of drug-likeness (QED) is 0.550. The summed E-state index contributed by atoms with van der Waals surface area (Å²) in [6, 6.07) is 11.5. The van der Waals surface area contributed by atoms with Gasteiger partial charge >= 0.3 is 0 Å². The van der Waals surface area contributed by atoms with Gasteiger partial charge in [0.15, 0.2) is 0 Å². The van der Waals surface area contributed by atoms with Crippen LogP contribution in [0.15, 0.2) is 41.2 Å². The average Bonchev–Trinajstić information content (AvgIpc) is 2.82. The first-order valence-electron chi connectivity index (χ1n) is 4.69. The molecule has 0 saturated heterocycles. The van der Waals surface area contributed by atoms with Gasteiger partial charge in [0.25, 0.3) is 5.56 Å². The molecule has 3 rings (SSSR count). The number of nitrogens with one attached hydrogen (secondary N) is 3. The van der Waals surface area contributed by atoms with Crippen LogP contribution in [0.5, 0.6) is 0 Å². The highest BCUT2D eigenvalue weighted by atomic mass is 16.1. The van der Waals surface area contributed by atoms with E-state index in [2.05, 4.69) is 15.2 Å². The lowest BCUT2D eigenvalue weighted by Crippen LogP contribution is -1.93. The molecule has 0 aliphatic carbocycles. The number of H-pyrrole nitrogens is 3. The van der Waals surface area contributed by atoms with Crippen molar-refractivity contribution in [3.05, 3.63) is 46.8 Å². The summed E-state index contributed by atoms with van der Waals surface area (Å²) in [5.41, 5.74) is 2.63. The lowest BCUT2D eigenvalue weighted by atomic mass is 10.2. The van der Waals surface area contributed by atoms with Crippen LogP contribution in [0, 0.1) is 0 Å². The highest BCUT2D eigenvalue weighted by Crippen LogP contribution is 2.20. The van der Waals surface area contributed by atoms with E-state index in [1.165, 1.54) is 6.07 Å². The monoisotopic (exact) mass is 199 g/mol. The largest absolute Gasteiger partial charge is 0.353 e. The van der Waals surface area contributed by atoms with Crippen LogP contribution in [-0.4, -0.2) is 15.2 Å². The summed E-state index contributed by atoms with van der Waals surface area (Å²) in [4.78, 5) is 14.2. The Kier molecular flexibility index (Phi) is 1.56. The summed E-state index contributed by atoms with van der Waals surface area (Å²) in [6.45, 7) is 0. The van der Waals surface area contributed by atoms with E-state index in [0.717, 1.165) is 22.3 Å². The van der Waals surface area contributed by atoms with Gasteiger partial charge < -0.3 is 4.98 Å². The molecule has 2 heterocycles. The zero-order valence-corrected chi connectivity index (χ0v) is 7.87. The SMILES string of the molecule is O=c1cc(-c2cc3ccccc3[nH]2)[nH][nH]1. The number of aromatic amines is 3. The van der Waals surface area contributed by atoms with Crippen LogP contribution in [0.25, 0.3) is 22.3 Å². The summed E-state index contributed by atoms with van der Waals surface area (Å²) in [7, 11) is 0. The third-order valence-corrected chi connectivity index (χ3v) is 2.42. The van der Waals surface area contributed by atoms with Crippen LogP contribution >= 0.6 is 0 Å². The maximum absolute atomic E-state index is 11.0. The molecular formula is C11H9N3O. The second kappa shape index (κ2) is 2.88. The van der Waals surface area contributed by atoms with Crippen LogP contribution in [0.1, 0.15) is 0 Å². The van der Waals surface area contributed by atoms with E-state index in [9.17, 15) is 4.79 Å². The number of para-hydroxylation sites is 1. The molecule has 0 spiro atoms. The van der Waals surface area contributed by atoms with Gasteiger partial charge in [-0.15, -0.1) is 0 Å². The Hall–Kier alpha value is -2.23. The number of benzene rings is 1. The first-order valence-corrected chi connectivity index (χ1v) is 4.69. The molecule has 2 aromatic heterocycles. The second-order valence-electron chi connectivity index (χ2n) is 3.44. The van der Waals surface area contributed by atoms with Gasteiger partial charge in [0.05, 0.1) is 11.4 Å². The van der Waals surface area contributed by atoms with Crippen molar-refractivity contribution < 1.29 is 0 Å². The molecule has 0 fully saturated rings. The summed E-state index contributed by atoms with van der Waals surface area (Å²) >= 11 is 0. The van der Waals surface area contributed by atoms with Gasteiger partial charge in [-0.25, -0.2) is 0 Å². The van der Waals surface area contributed by atoms with Crippen LogP contribution in [0.4, 0.5) is 0 Å². The summed E-state index contributed by atoms with van der Waals surface area (Å²) in [5, 5.41) is 6.46. The van der Waals surface area contributed by atoms with Gasteiger partial charge in [-0.2, -0.15) is 0 Å². The van der Waals surface area contributed by atoms with E-state index in [-0.39, 0.29) is 5.56 Å². The number of aromatic nitrogens is 3. The van der Waals surface area contributed by atoms with Crippen molar-refractivity contribution in [3.8, 4) is 11.4 Å². The first kappa shape index (κ1) is 8.11. The predicted octanol–water partition coefficient (Wildman–Crippen LogP) is 1.85. The molecule has 0 amide bonds. The maximum atomic E-state index is 11.0. The summed E-state index contributed by atoms with van der Waals surface area (Å²) < 4.78 is 0. The van der Waals surface area contributed by atoms with E-state index in [1.54, 1.807) is 0 Å². The molecule has 0 aliphatic heterocycles. The maximum Gasteiger partial charge on any atom is 0.264 e. The van der Waals surface area contributed by atoms with Crippen LogP contribution in [0.3, 0.4) is 0 Å². The number of fused-ring (bicyclic) bond motifs is 1. The van der Waals surface area contributed by atoms with E-state index < -0.39 is 0 Å². The molecule has 1 aromatic carbocycles. The van der Waals surface area contributed by atoms with Crippen molar-refractivity contribution in [2.24, 2.45) is 0 Å². The van der Waals surface area contributed by atoms with Crippen molar-refractivity contribution in [2.45, 2.75) is 0 Å². The Morgan fingerprint density at radius 2 is 1.80 bits per heavy atom. The average molecular weight is 199 g/mol. The Balaban J connectivity index is 2.24. The van der Waals surface area contributed by atoms with Gasteiger partial charge in [0.2, 0.25) is 0 Å². The molecule has 0 aliphatic rings. The van der Waals surface area contributed by atoms with Gasteiger partial charge in [0.1, 0.15) is 0 Å². The number of hydrogen-bond acceptors (Lipinski definition) is 1. The van der Waals surface area contributed by atoms with E-state index in [4.69, 9.17) is 0 Å². The predicted molar refractivity (Wildman–Crippen MR) is 58.7 cm³/mol. The number of hydrogen-bond donors (Lipinski definition) is 3. The zero-order valence-electron chi connectivity index (χ0n) is 7.87. The van der Waals surface area contributed by atoms with E-state index in [1.807, 2.05) is 30.3 Å². The first-order chi connectivity index (χ1) is 7.33. The van der Waals surface area contributed by atoms with Crippen LogP contribution in [0.2, 0.25) is 0 Å². The Morgan fingerprint density at radius 3 is 2.53 bits per heavy atom.